The number of esters is 1. The molecule has 0 aromatic heterocycles. The molecule has 4 aliphatic rings. The van der Waals surface area contributed by atoms with Crippen LogP contribution in [0, 0.1) is 5.92 Å². The average Bonchev–Trinajstić information content (AvgIpc) is 3.62. The molecule has 5 rings (SSSR count). The van der Waals surface area contributed by atoms with E-state index in [1.54, 1.807) is 6.92 Å². The molecule has 1 saturated heterocycles. The fraction of sp³-hybridized carbons (Fsp3) is 0.552. The van der Waals surface area contributed by atoms with Gasteiger partial charge in [0, 0.05) is 34.5 Å². The van der Waals surface area contributed by atoms with E-state index in [2.05, 4.69) is 20.7 Å². The van der Waals surface area contributed by atoms with Gasteiger partial charge in [-0.05, 0) is 74.9 Å². The number of hydrogen-bond acceptors (Lipinski definition) is 5. The van der Waals surface area contributed by atoms with Crippen LogP contribution in [0.5, 0.6) is 5.75 Å². The number of piperidine rings is 1. The number of nitrogens with zero attached hydrogens (tertiary/aromatic N) is 2. The zero-order valence-electron chi connectivity index (χ0n) is 22.2. The number of carbonyl (C=O) groups is 3. The van der Waals surface area contributed by atoms with Crippen molar-refractivity contribution in [2.75, 3.05) is 6.61 Å². The van der Waals surface area contributed by atoms with Crippen LogP contribution in [-0.4, -0.2) is 64.7 Å². The van der Waals surface area contributed by atoms with Gasteiger partial charge >= 0.3 is 12.3 Å². The molecule has 0 bridgehead atoms. The summed E-state index contributed by atoms with van der Waals surface area (Å²) >= 11 is 3.60. The third kappa shape index (κ3) is 6.09. The number of ether oxygens (including phenoxy) is 2. The van der Waals surface area contributed by atoms with Gasteiger partial charge in [-0.25, -0.2) is 0 Å². The molecule has 1 aromatic rings. The third-order valence-electron chi connectivity index (χ3n) is 8.14. The Balaban J connectivity index is 1.44. The van der Waals surface area contributed by atoms with Gasteiger partial charge in [0.15, 0.2) is 0 Å². The van der Waals surface area contributed by atoms with Gasteiger partial charge in [0.25, 0.3) is 5.91 Å². The standard InChI is InChI=1S/C29H32BrF3N2O5/c1-2-39-26(37)15-14-25(36)34(19-9-10-19)27-21-4-3-5-23(21)35(24-13-8-18(30)16-22(24)27)28(38)17-6-11-20(12-7-17)40-29(31,32)33/h6-8,11-12,16,19,21,23-24,27H,2-5,9-10,13-15H2,1H3. The SMILES string of the molecule is CCOC(=O)CCC(=O)N(C1CC1)C1C2=CC(Br)=CCC2N(C(=O)c2ccc(OC(F)(F)F)cc2)C2CCCC21. The maximum atomic E-state index is 13.9. The lowest BCUT2D eigenvalue weighted by molar-refractivity contribution is -0.274. The van der Waals surface area contributed by atoms with Crippen molar-refractivity contribution in [3.05, 3.63) is 52.0 Å². The van der Waals surface area contributed by atoms with Crippen molar-refractivity contribution in [1.29, 1.82) is 0 Å². The summed E-state index contributed by atoms with van der Waals surface area (Å²) in [5, 5.41) is 0. The summed E-state index contributed by atoms with van der Waals surface area (Å²) in [4.78, 5) is 43.5. The number of amides is 2. The molecule has 7 nitrogen and oxygen atoms in total. The van der Waals surface area contributed by atoms with Crippen molar-refractivity contribution >= 4 is 33.7 Å². The van der Waals surface area contributed by atoms with Crippen molar-refractivity contribution in [3.63, 3.8) is 0 Å². The number of carbonyl (C=O) groups excluding carboxylic acids is 3. The minimum atomic E-state index is -4.81. The molecule has 1 aromatic carbocycles. The largest absolute Gasteiger partial charge is 0.573 e. The number of benzene rings is 1. The summed E-state index contributed by atoms with van der Waals surface area (Å²) in [6, 6.07) is 4.57. The summed E-state index contributed by atoms with van der Waals surface area (Å²) in [7, 11) is 0. The zero-order valence-corrected chi connectivity index (χ0v) is 23.7. The number of fused-ring (bicyclic) bond motifs is 2. The molecular formula is C29H32BrF3N2O5. The Labute approximate surface area is 239 Å². The molecule has 1 heterocycles. The number of rotatable bonds is 8. The van der Waals surface area contributed by atoms with E-state index in [-0.39, 0.29) is 72.7 Å². The van der Waals surface area contributed by atoms with E-state index in [0.29, 0.717) is 6.42 Å². The number of alkyl halides is 3. The van der Waals surface area contributed by atoms with Crippen molar-refractivity contribution in [3.8, 4) is 5.75 Å². The third-order valence-corrected chi connectivity index (χ3v) is 8.70. The van der Waals surface area contributed by atoms with Gasteiger partial charge in [-0.1, -0.05) is 28.4 Å². The van der Waals surface area contributed by atoms with E-state index in [4.69, 9.17) is 4.74 Å². The van der Waals surface area contributed by atoms with Gasteiger partial charge in [-0.3, -0.25) is 14.4 Å². The number of hydrogen-bond donors (Lipinski definition) is 0. The van der Waals surface area contributed by atoms with Crippen LogP contribution >= 0.6 is 15.9 Å². The van der Waals surface area contributed by atoms with Crippen LogP contribution in [-0.2, 0) is 14.3 Å². The van der Waals surface area contributed by atoms with Gasteiger partial charge in [0.1, 0.15) is 5.75 Å². The van der Waals surface area contributed by atoms with Gasteiger partial charge < -0.3 is 19.3 Å². The van der Waals surface area contributed by atoms with Crippen molar-refractivity contribution in [2.24, 2.45) is 5.92 Å². The lowest BCUT2D eigenvalue weighted by Gasteiger charge is -2.53. The summed E-state index contributed by atoms with van der Waals surface area (Å²) in [5.74, 6) is -1.07. The second kappa shape index (κ2) is 11.6. The number of allylic oxidation sites excluding steroid dienone is 2. The highest BCUT2D eigenvalue weighted by molar-refractivity contribution is 9.11. The summed E-state index contributed by atoms with van der Waals surface area (Å²) < 4.78 is 47.8. The normalized spacial score (nSPS) is 25.8. The first-order valence-corrected chi connectivity index (χ1v) is 14.6. The smallest absolute Gasteiger partial charge is 0.466 e. The lowest BCUT2D eigenvalue weighted by Crippen LogP contribution is -2.63. The predicted molar refractivity (Wildman–Crippen MR) is 143 cm³/mol. The van der Waals surface area contributed by atoms with Crippen LogP contribution in [0.4, 0.5) is 13.2 Å². The molecular weight excluding hydrogens is 593 g/mol. The molecule has 4 atom stereocenters. The fourth-order valence-corrected chi connectivity index (χ4v) is 6.96. The summed E-state index contributed by atoms with van der Waals surface area (Å²) in [6.45, 7) is 2.00. The Morgan fingerprint density at radius 3 is 2.45 bits per heavy atom. The first kappa shape index (κ1) is 28.7. The predicted octanol–water partition coefficient (Wildman–Crippen LogP) is 5.89. The van der Waals surface area contributed by atoms with Crippen LogP contribution < -0.4 is 4.74 Å². The molecule has 0 radical (unpaired) electrons. The molecule has 216 valence electrons. The van der Waals surface area contributed by atoms with Gasteiger partial charge in [0.05, 0.1) is 25.1 Å². The Kier molecular flexibility index (Phi) is 8.31. The van der Waals surface area contributed by atoms with Crippen LogP contribution in [0.1, 0.15) is 68.6 Å². The molecule has 40 heavy (non-hydrogen) atoms. The van der Waals surface area contributed by atoms with E-state index in [1.807, 2.05) is 22.0 Å². The molecule has 0 N–H and O–H groups in total. The summed E-state index contributed by atoms with van der Waals surface area (Å²) in [6.07, 6.45) is 4.21. The molecule has 3 aliphatic carbocycles. The van der Waals surface area contributed by atoms with Crippen LogP contribution in [0.2, 0.25) is 0 Å². The Hall–Kier alpha value is -2.82. The van der Waals surface area contributed by atoms with Crippen LogP contribution in [0.3, 0.4) is 0 Å². The van der Waals surface area contributed by atoms with Crippen LogP contribution in [0.25, 0.3) is 0 Å². The van der Waals surface area contributed by atoms with Gasteiger partial charge in [-0.2, -0.15) is 0 Å². The maximum absolute atomic E-state index is 13.9. The Morgan fingerprint density at radius 1 is 1.07 bits per heavy atom. The minimum absolute atomic E-state index is 0.0184. The average molecular weight is 625 g/mol. The Morgan fingerprint density at radius 2 is 1.80 bits per heavy atom. The van der Waals surface area contributed by atoms with E-state index in [0.717, 1.165) is 54.3 Å². The molecule has 3 fully saturated rings. The van der Waals surface area contributed by atoms with Crippen molar-refractivity contribution in [2.45, 2.75) is 88.8 Å². The van der Waals surface area contributed by atoms with E-state index in [9.17, 15) is 27.6 Å². The quantitative estimate of drug-likeness (QED) is 0.337. The fourth-order valence-electron chi connectivity index (χ4n) is 6.51. The van der Waals surface area contributed by atoms with E-state index < -0.39 is 12.3 Å². The van der Waals surface area contributed by atoms with Crippen LogP contribution in [0.15, 0.2) is 46.5 Å². The van der Waals surface area contributed by atoms with Gasteiger partial charge in [-0.15, -0.1) is 13.2 Å². The van der Waals surface area contributed by atoms with Crippen molar-refractivity contribution < 1.29 is 37.0 Å². The molecule has 1 aliphatic heterocycles. The molecule has 11 heteroatoms. The highest BCUT2D eigenvalue weighted by Gasteiger charge is 2.54. The Bertz CT molecular complexity index is 1210. The molecule has 2 saturated carbocycles. The van der Waals surface area contributed by atoms with E-state index >= 15 is 0 Å². The summed E-state index contributed by atoms with van der Waals surface area (Å²) in [5.41, 5.74) is 1.27. The van der Waals surface area contributed by atoms with Gasteiger partial charge in [0.2, 0.25) is 5.91 Å². The number of halogens is 4. The minimum Gasteiger partial charge on any atom is -0.466 e. The second-order valence-electron chi connectivity index (χ2n) is 10.7. The number of likely N-dealkylation sites (tertiary alicyclic amines) is 1. The maximum Gasteiger partial charge on any atom is 0.573 e. The topological polar surface area (TPSA) is 76.2 Å². The first-order chi connectivity index (χ1) is 19.1. The first-order valence-electron chi connectivity index (χ1n) is 13.8. The zero-order chi connectivity index (χ0) is 28.6. The highest BCUT2D eigenvalue weighted by atomic mass is 79.9. The van der Waals surface area contributed by atoms with Crippen molar-refractivity contribution in [1.82, 2.24) is 9.80 Å². The lowest BCUT2D eigenvalue weighted by atomic mass is 9.75. The van der Waals surface area contributed by atoms with E-state index in [1.165, 1.54) is 12.1 Å². The highest BCUT2D eigenvalue weighted by Crippen LogP contribution is 2.49. The monoisotopic (exact) mass is 624 g/mol. The molecule has 0 spiro atoms. The second-order valence-corrected chi connectivity index (χ2v) is 11.6. The molecule has 4 unspecified atom stereocenters. The molecule has 2 amide bonds.